The third kappa shape index (κ3) is 4.42. The lowest BCUT2D eigenvalue weighted by atomic mass is 10.1. The molecule has 1 heterocycles. The molecule has 3 N–H and O–H groups in total. The van der Waals surface area contributed by atoms with Crippen LogP contribution in [-0.2, 0) is 0 Å². The Morgan fingerprint density at radius 2 is 2.04 bits per heavy atom. The van der Waals surface area contributed by atoms with Gasteiger partial charge >= 0.3 is 0 Å². The number of nitrogens with one attached hydrogen (secondary N) is 1. The van der Waals surface area contributed by atoms with Crippen LogP contribution in [0.2, 0.25) is 0 Å². The van der Waals surface area contributed by atoms with Gasteiger partial charge in [0.25, 0.3) is 5.91 Å². The molecule has 6 nitrogen and oxygen atoms in total. The second-order valence-corrected chi connectivity index (χ2v) is 5.60. The third-order valence-corrected chi connectivity index (χ3v) is 3.32. The number of hydrogen-bond donors (Lipinski definition) is 2. The third-order valence-electron chi connectivity index (χ3n) is 3.32. The number of nitrogens with zero attached hydrogens (tertiary/aromatic N) is 2. The first-order chi connectivity index (χ1) is 11.0. The van der Waals surface area contributed by atoms with E-state index in [-0.39, 0.29) is 17.5 Å². The first kappa shape index (κ1) is 16.7. The largest absolute Gasteiger partial charge is 0.493 e. The van der Waals surface area contributed by atoms with Gasteiger partial charge in [-0.1, -0.05) is 26.0 Å². The van der Waals surface area contributed by atoms with E-state index in [9.17, 15) is 4.79 Å². The first-order valence-electron chi connectivity index (χ1n) is 7.60. The molecule has 23 heavy (non-hydrogen) atoms. The highest BCUT2D eigenvalue weighted by molar-refractivity contribution is 5.93. The molecule has 6 heteroatoms. The summed E-state index contributed by atoms with van der Waals surface area (Å²) in [5, 5.41) is 2.53. The van der Waals surface area contributed by atoms with Crippen molar-refractivity contribution in [3.05, 3.63) is 36.0 Å². The van der Waals surface area contributed by atoms with E-state index in [1.165, 1.54) is 0 Å². The number of rotatable bonds is 6. The quantitative estimate of drug-likeness (QED) is 0.855. The molecule has 2 aromatic rings. The molecule has 0 unspecified atom stereocenters. The van der Waals surface area contributed by atoms with Crippen LogP contribution in [0.15, 0.2) is 30.3 Å². The standard InChI is InChI=1S/C17H22N4O2/c1-11(2)8-9-23-15-7-5-4-6-12(15)13-10-14(16(22)19-3)21-17(18)20-13/h4-7,10-11H,8-9H2,1-3H3,(H,19,22)(H2,18,20,21). The summed E-state index contributed by atoms with van der Waals surface area (Å²) in [5.41, 5.74) is 7.32. The summed E-state index contributed by atoms with van der Waals surface area (Å²) in [5.74, 6) is 1.03. The van der Waals surface area contributed by atoms with Crippen LogP contribution in [0.4, 0.5) is 5.95 Å². The Balaban J connectivity index is 2.34. The van der Waals surface area contributed by atoms with Gasteiger partial charge in [0.2, 0.25) is 5.95 Å². The molecule has 0 fully saturated rings. The molecule has 1 aromatic carbocycles. The van der Waals surface area contributed by atoms with Crippen molar-refractivity contribution in [3.8, 4) is 17.0 Å². The Hall–Kier alpha value is -2.63. The zero-order valence-corrected chi connectivity index (χ0v) is 13.7. The van der Waals surface area contributed by atoms with E-state index in [1.54, 1.807) is 13.1 Å². The number of ether oxygens (including phenoxy) is 1. The Morgan fingerprint density at radius 3 is 2.74 bits per heavy atom. The van der Waals surface area contributed by atoms with E-state index < -0.39 is 0 Å². The minimum atomic E-state index is -0.307. The number of anilines is 1. The number of carbonyl (C=O) groups excluding carboxylic acids is 1. The fourth-order valence-electron chi connectivity index (χ4n) is 2.06. The maximum Gasteiger partial charge on any atom is 0.269 e. The number of amides is 1. The van der Waals surface area contributed by atoms with Crippen LogP contribution in [0.3, 0.4) is 0 Å². The van der Waals surface area contributed by atoms with Crippen molar-refractivity contribution in [2.75, 3.05) is 19.4 Å². The molecular weight excluding hydrogens is 292 g/mol. The van der Waals surface area contributed by atoms with Crippen molar-refractivity contribution < 1.29 is 9.53 Å². The fraction of sp³-hybridized carbons (Fsp3) is 0.353. The average Bonchev–Trinajstić information content (AvgIpc) is 2.53. The van der Waals surface area contributed by atoms with Crippen molar-refractivity contribution in [2.24, 2.45) is 5.92 Å². The Morgan fingerprint density at radius 1 is 1.30 bits per heavy atom. The minimum absolute atomic E-state index is 0.0538. The van der Waals surface area contributed by atoms with E-state index in [0.29, 0.717) is 24.0 Å². The molecule has 2 rings (SSSR count). The summed E-state index contributed by atoms with van der Waals surface area (Å²) < 4.78 is 5.87. The van der Waals surface area contributed by atoms with Gasteiger partial charge < -0.3 is 15.8 Å². The van der Waals surface area contributed by atoms with Crippen LogP contribution in [0.25, 0.3) is 11.3 Å². The number of nitrogen functional groups attached to an aromatic ring is 1. The summed E-state index contributed by atoms with van der Waals surface area (Å²) in [6.45, 7) is 4.92. The number of aromatic nitrogens is 2. The smallest absolute Gasteiger partial charge is 0.269 e. The van der Waals surface area contributed by atoms with Crippen LogP contribution in [0, 0.1) is 5.92 Å². The van der Waals surface area contributed by atoms with Crippen molar-refractivity contribution in [1.29, 1.82) is 0 Å². The van der Waals surface area contributed by atoms with Gasteiger partial charge in [-0.25, -0.2) is 9.97 Å². The number of benzene rings is 1. The molecule has 0 spiro atoms. The lowest BCUT2D eigenvalue weighted by Gasteiger charge is -2.13. The number of hydrogen-bond acceptors (Lipinski definition) is 5. The maximum absolute atomic E-state index is 11.8. The lowest BCUT2D eigenvalue weighted by Crippen LogP contribution is -2.20. The monoisotopic (exact) mass is 314 g/mol. The Bertz CT molecular complexity index is 686. The highest BCUT2D eigenvalue weighted by atomic mass is 16.5. The van der Waals surface area contributed by atoms with Gasteiger partial charge in [0, 0.05) is 12.6 Å². The second-order valence-electron chi connectivity index (χ2n) is 5.60. The average molecular weight is 314 g/mol. The lowest BCUT2D eigenvalue weighted by molar-refractivity contribution is 0.0958. The van der Waals surface area contributed by atoms with Gasteiger partial charge in [-0.2, -0.15) is 0 Å². The molecule has 0 atom stereocenters. The van der Waals surface area contributed by atoms with Crippen molar-refractivity contribution in [3.63, 3.8) is 0 Å². The molecule has 1 aromatic heterocycles. The predicted molar refractivity (Wildman–Crippen MR) is 90.2 cm³/mol. The molecule has 0 aliphatic rings. The summed E-state index contributed by atoms with van der Waals surface area (Å²) in [6.07, 6.45) is 0.962. The molecule has 0 saturated heterocycles. The normalized spacial score (nSPS) is 10.6. The first-order valence-corrected chi connectivity index (χ1v) is 7.60. The van der Waals surface area contributed by atoms with Gasteiger partial charge in [0.15, 0.2) is 0 Å². The molecule has 0 bridgehead atoms. The van der Waals surface area contributed by atoms with Crippen LogP contribution in [-0.4, -0.2) is 29.5 Å². The van der Waals surface area contributed by atoms with Crippen LogP contribution in [0.5, 0.6) is 5.75 Å². The minimum Gasteiger partial charge on any atom is -0.493 e. The van der Waals surface area contributed by atoms with Crippen molar-refractivity contribution in [2.45, 2.75) is 20.3 Å². The highest BCUT2D eigenvalue weighted by Gasteiger charge is 2.13. The zero-order chi connectivity index (χ0) is 16.8. The molecule has 0 saturated carbocycles. The summed E-state index contributed by atoms with van der Waals surface area (Å²) in [7, 11) is 1.54. The number of carbonyl (C=O) groups is 1. The maximum atomic E-state index is 11.8. The van der Waals surface area contributed by atoms with E-state index >= 15 is 0 Å². The van der Waals surface area contributed by atoms with E-state index in [1.807, 2.05) is 24.3 Å². The SMILES string of the molecule is CNC(=O)c1cc(-c2ccccc2OCCC(C)C)nc(N)n1. The molecule has 122 valence electrons. The molecule has 0 aliphatic carbocycles. The second kappa shape index (κ2) is 7.58. The van der Waals surface area contributed by atoms with Gasteiger partial charge in [-0.05, 0) is 30.5 Å². The summed E-state index contributed by atoms with van der Waals surface area (Å²) in [6, 6.07) is 9.17. The van der Waals surface area contributed by atoms with Crippen LogP contribution < -0.4 is 15.8 Å². The van der Waals surface area contributed by atoms with Gasteiger partial charge in [-0.3, -0.25) is 4.79 Å². The molecule has 0 radical (unpaired) electrons. The van der Waals surface area contributed by atoms with Crippen molar-refractivity contribution in [1.82, 2.24) is 15.3 Å². The van der Waals surface area contributed by atoms with Gasteiger partial charge in [0.1, 0.15) is 11.4 Å². The molecular formula is C17H22N4O2. The van der Waals surface area contributed by atoms with E-state index in [4.69, 9.17) is 10.5 Å². The Labute approximate surface area is 136 Å². The number of para-hydroxylation sites is 1. The zero-order valence-electron chi connectivity index (χ0n) is 13.7. The molecule has 0 aliphatic heterocycles. The molecule has 1 amide bonds. The van der Waals surface area contributed by atoms with Gasteiger partial charge in [0.05, 0.1) is 12.3 Å². The van der Waals surface area contributed by atoms with Crippen molar-refractivity contribution >= 4 is 11.9 Å². The Kier molecular flexibility index (Phi) is 5.51. The summed E-state index contributed by atoms with van der Waals surface area (Å²) >= 11 is 0. The predicted octanol–water partition coefficient (Wildman–Crippen LogP) is 2.51. The topological polar surface area (TPSA) is 90.1 Å². The fourth-order valence-corrected chi connectivity index (χ4v) is 2.06. The summed E-state index contributed by atoms with van der Waals surface area (Å²) in [4.78, 5) is 20.0. The highest BCUT2D eigenvalue weighted by Crippen LogP contribution is 2.29. The van der Waals surface area contributed by atoms with Gasteiger partial charge in [-0.15, -0.1) is 0 Å². The van der Waals surface area contributed by atoms with E-state index in [2.05, 4.69) is 29.1 Å². The van der Waals surface area contributed by atoms with Crippen LogP contribution >= 0.6 is 0 Å². The van der Waals surface area contributed by atoms with E-state index in [0.717, 1.165) is 12.0 Å². The van der Waals surface area contributed by atoms with Crippen LogP contribution in [0.1, 0.15) is 30.8 Å². The number of nitrogens with two attached hydrogens (primary N) is 1.